The van der Waals surface area contributed by atoms with Crippen LogP contribution in [0.2, 0.25) is 0 Å². The van der Waals surface area contributed by atoms with Crippen molar-refractivity contribution in [3.63, 3.8) is 0 Å². The largest absolute Gasteiger partial charge is 0.585 e. The molecule has 2 aromatic rings. The Morgan fingerprint density at radius 2 is 1.12 bits per heavy atom. The number of phosphoric acid groups is 1. The average Bonchev–Trinajstić information content (AvgIpc) is 2.59. The van der Waals surface area contributed by atoms with E-state index in [1.54, 1.807) is 48.5 Å². The minimum absolute atomic E-state index is 0.147. The molecule has 136 valence electrons. The molecule has 0 aromatic heterocycles. The molecule has 1 N–H and O–H groups in total. The van der Waals surface area contributed by atoms with Crippen molar-refractivity contribution in [2.24, 2.45) is 0 Å². The lowest BCUT2D eigenvalue weighted by molar-refractivity contribution is 0.261. The van der Waals surface area contributed by atoms with Crippen LogP contribution < -0.4 is 18.5 Å². The SMILES string of the molecule is CCCOc1ccccc1OP(=O)(O)Oc1ccccc1OCCC. The first-order chi connectivity index (χ1) is 12.1. The number of phosphoric ester groups is 1. The van der Waals surface area contributed by atoms with Crippen molar-refractivity contribution >= 4 is 7.82 Å². The molecule has 0 saturated carbocycles. The molecular formula is C18H23O6P. The predicted molar refractivity (Wildman–Crippen MR) is 95.5 cm³/mol. The second-order valence-electron chi connectivity index (χ2n) is 5.24. The van der Waals surface area contributed by atoms with Gasteiger partial charge in [0.05, 0.1) is 13.2 Å². The molecule has 25 heavy (non-hydrogen) atoms. The van der Waals surface area contributed by atoms with Gasteiger partial charge in [0.1, 0.15) is 0 Å². The van der Waals surface area contributed by atoms with E-state index >= 15 is 0 Å². The monoisotopic (exact) mass is 366 g/mol. The summed E-state index contributed by atoms with van der Waals surface area (Å²) in [6, 6.07) is 13.3. The molecule has 7 heteroatoms. The molecule has 0 radical (unpaired) electrons. The molecule has 6 nitrogen and oxygen atoms in total. The van der Waals surface area contributed by atoms with E-state index in [1.807, 2.05) is 13.8 Å². The Morgan fingerprint density at radius 3 is 1.48 bits per heavy atom. The second kappa shape index (κ2) is 9.35. The van der Waals surface area contributed by atoms with E-state index < -0.39 is 7.82 Å². The summed E-state index contributed by atoms with van der Waals surface area (Å²) in [5, 5.41) is 0. The van der Waals surface area contributed by atoms with Gasteiger partial charge in [-0.3, -0.25) is 4.89 Å². The van der Waals surface area contributed by atoms with Crippen LogP contribution in [0.1, 0.15) is 26.7 Å². The molecule has 0 heterocycles. The molecule has 2 aromatic carbocycles. The summed E-state index contributed by atoms with van der Waals surface area (Å²) in [7, 11) is -4.41. The number of rotatable bonds is 10. The highest BCUT2D eigenvalue weighted by atomic mass is 31.2. The molecule has 0 spiro atoms. The van der Waals surface area contributed by atoms with Crippen LogP contribution in [0.4, 0.5) is 0 Å². The van der Waals surface area contributed by atoms with Gasteiger partial charge in [-0.05, 0) is 37.1 Å². The van der Waals surface area contributed by atoms with Crippen LogP contribution in [-0.4, -0.2) is 18.1 Å². The third-order valence-corrected chi connectivity index (χ3v) is 3.90. The molecule has 0 amide bonds. The van der Waals surface area contributed by atoms with Crippen LogP contribution in [0, 0.1) is 0 Å². The fourth-order valence-electron chi connectivity index (χ4n) is 1.98. The van der Waals surface area contributed by atoms with Gasteiger partial charge in [0.2, 0.25) is 0 Å². The van der Waals surface area contributed by atoms with Crippen LogP contribution in [0.3, 0.4) is 0 Å². The quantitative estimate of drug-likeness (QED) is 0.608. The number of hydrogen-bond donors (Lipinski definition) is 1. The van der Waals surface area contributed by atoms with Crippen LogP contribution in [0.25, 0.3) is 0 Å². The highest BCUT2D eigenvalue weighted by Crippen LogP contribution is 2.48. The zero-order valence-corrected chi connectivity index (χ0v) is 15.3. The van der Waals surface area contributed by atoms with Crippen molar-refractivity contribution in [1.29, 1.82) is 0 Å². The average molecular weight is 366 g/mol. The fraction of sp³-hybridized carbons (Fsp3) is 0.333. The minimum Gasteiger partial charge on any atom is -0.490 e. The standard InChI is InChI=1S/C18H23O6P/c1-3-13-21-15-9-5-7-11-17(15)23-25(19,20)24-18-12-8-6-10-16(18)22-14-4-2/h5-12H,3-4,13-14H2,1-2H3,(H,19,20). The maximum absolute atomic E-state index is 12.4. The van der Waals surface area contributed by atoms with Crippen molar-refractivity contribution in [2.45, 2.75) is 26.7 Å². The van der Waals surface area contributed by atoms with E-state index in [-0.39, 0.29) is 11.5 Å². The summed E-state index contributed by atoms with van der Waals surface area (Å²) in [6.45, 7) is 4.89. The van der Waals surface area contributed by atoms with Crippen LogP contribution in [-0.2, 0) is 4.57 Å². The van der Waals surface area contributed by atoms with Crippen molar-refractivity contribution in [2.75, 3.05) is 13.2 Å². The maximum Gasteiger partial charge on any atom is 0.585 e. The number of ether oxygens (including phenoxy) is 2. The van der Waals surface area contributed by atoms with E-state index in [0.717, 1.165) is 12.8 Å². The predicted octanol–water partition coefficient (Wildman–Crippen LogP) is 4.82. The van der Waals surface area contributed by atoms with E-state index in [0.29, 0.717) is 24.7 Å². The Kier molecular flexibility index (Phi) is 7.16. The van der Waals surface area contributed by atoms with Gasteiger partial charge >= 0.3 is 7.82 Å². The summed E-state index contributed by atoms with van der Waals surface area (Å²) >= 11 is 0. The molecule has 0 aliphatic heterocycles. The molecule has 0 atom stereocenters. The highest BCUT2D eigenvalue weighted by Gasteiger charge is 2.28. The first-order valence-electron chi connectivity index (χ1n) is 8.21. The van der Waals surface area contributed by atoms with Gasteiger partial charge in [-0.1, -0.05) is 38.1 Å². The van der Waals surface area contributed by atoms with E-state index in [4.69, 9.17) is 18.5 Å². The van der Waals surface area contributed by atoms with E-state index in [1.165, 1.54) is 0 Å². The molecule has 0 fully saturated rings. The second-order valence-corrected chi connectivity index (χ2v) is 6.54. The molecule has 0 saturated heterocycles. The summed E-state index contributed by atoms with van der Waals surface area (Å²) in [6.07, 6.45) is 1.62. The lowest BCUT2D eigenvalue weighted by Crippen LogP contribution is -2.04. The maximum atomic E-state index is 12.4. The molecule has 0 bridgehead atoms. The lowest BCUT2D eigenvalue weighted by atomic mass is 10.3. The van der Waals surface area contributed by atoms with Crippen molar-refractivity contribution in [3.8, 4) is 23.0 Å². The fourth-order valence-corrected chi connectivity index (χ4v) is 2.82. The van der Waals surface area contributed by atoms with Crippen molar-refractivity contribution in [1.82, 2.24) is 0 Å². The molecule has 0 unspecified atom stereocenters. The minimum atomic E-state index is -4.41. The van der Waals surface area contributed by atoms with Gasteiger partial charge in [-0.25, -0.2) is 4.57 Å². The van der Waals surface area contributed by atoms with Crippen molar-refractivity contribution in [3.05, 3.63) is 48.5 Å². The van der Waals surface area contributed by atoms with Crippen LogP contribution >= 0.6 is 7.82 Å². The van der Waals surface area contributed by atoms with Crippen molar-refractivity contribution < 1.29 is 28.0 Å². The Bertz CT molecular complexity index is 661. The van der Waals surface area contributed by atoms with Gasteiger partial charge in [-0.15, -0.1) is 0 Å². The number of hydrogen-bond acceptors (Lipinski definition) is 5. The zero-order chi connectivity index (χ0) is 18.1. The van der Waals surface area contributed by atoms with Gasteiger partial charge in [0.15, 0.2) is 23.0 Å². The summed E-state index contributed by atoms with van der Waals surface area (Å²) in [4.78, 5) is 10.1. The summed E-state index contributed by atoms with van der Waals surface area (Å²) in [5.41, 5.74) is 0. The third kappa shape index (κ3) is 6.00. The first kappa shape index (κ1) is 19.2. The lowest BCUT2D eigenvalue weighted by Gasteiger charge is -2.18. The summed E-state index contributed by atoms with van der Waals surface area (Å²) in [5.74, 6) is 1.07. The van der Waals surface area contributed by atoms with E-state index in [2.05, 4.69) is 0 Å². The van der Waals surface area contributed by atoms with Gasteiger partial charge in [0.25, 0.3) is 0 Å². The van der Waals surface area contributed by atoms with E-state index in [9.17, 15) is 9.46 Å². The normalized spacial score (nSPS) is 11.0. The Balaban J connectivity index is 2.14. The summed E-state index contributed by atoms with van der Waals surface area (Å²) < 4.78 is 33.9. The van der Waals surface area contributed by atoms with Gasteiger partial charge in [-0.2, -0.15) is 0 Å². The molecule has 0 aliphatic carbocycles. The Labute approximate surface area is 147 Å². The number of para-hydroxylation sites is 4. The van der Waals surface area contributed by atoms with Crippen LogP contribution in [0.15, 0.2) is 48.5 Å². The smallest absolute Gasteiger partial charge is 0.490 e. The zero-order valence-electron chi connectivity index (χ0n) is 14.4. The number of benzene rings is 2. The molecular weight excluding hydrogens is 343 g/mol. The molecule has 0 aliphatic rings. The Hall–Kier alpha value is -2.17. The Morgan fingerprint density at radius 1 is 0.760 bits per heavy atom. The molecule has 2 rings (SSSR count). The van der Waals surface area contributed by atoms with Crippen LogP contribution in [0.5, 0.6) is 23.0 Å². The van der Waals surface area contributed by atoms with Gasteiger partial charge < -0.3 is 18.5 Å². The first-order valence-corrected chi connectivity index (χ1v) is 9.71. The van der Waals surface area contributed by atoms with Gasteiger partial charge in [0, 0.05) is 0 Å². The third-order valence-electron chi connectivity index (χ3n) is 3.05. The topological polar surface area (TPSA) is 74.2 Å². The highest BCUT2D eigenvalue weighted by molar-refractivity contribution is 7.48.